The van der Waals surface area contributed by atoms with Crippen LogP contribution in [0.15, 0.2) is 24.3 Å². The van der Waals surface area contributed by atoms with E-state index in [1.165, 1.54) is 19.1 Å². The molecule has 0 saturated carbocycles. The Morgan fingerprint density at radius 1 is 1.32 bits per heavy atom. The van der Waals surface area contributed by atoms with Gasteiger partial charge in [0.1, 0.15) is 18.4 Å². The number of nitrogens with two attached hydrogens (primary N) is 1. The minimum atomic E-state index is -4.43. The van der Waals surface area contributed by atoms with Crippen LogP contribution in [0.1, 0.15) is 12.5 Å². The van der Waals surface area contributed by atoms with Crippen LogP contribution < -0.4 is 10.5 Å². The van der Waals surface area contributed by atoms with E-state index < -0.39 is 23.7 Å². The van der Waals surface area contributed by atoms with Gasteiger partial charge in [-0.1, -0.05) is 6.07 Å². The van der Waals surface area contributed by atoms with Gasteiger partial charge in [-0.25, -0.2) is 0 Å². The summed E-state index contributed by atoms with van der Waals surface area (Å²) >= 11 is 0. The van der Waals surface area contributed by atoms with E-state index in [9.17, 15) is 22.8 Å². The number of rotatable bonds is 5. The standard InChI is InChI=1S/C16H20F3N3O3/c1-11(23)22-6-5-21(14(10-22)15(20)24)7-8-25-13-4-2-3-12(9-13)16(17,18)19/h2-4,9,14H,5-8,10H2,1H3,(H2,20,24). The summed E-state index contributed by atoms with van der Waals surface area (Å²) in [5, 5.41) is 0. The van der Waals surface area contributed by atoms with Gasteiger partial charge in [0.2, 0.25) is 11.8 Å². The van der Waals surface area contributed by atoms with Gasteiger partial charge in [0.25, 0.3) is 0 Å². The lowest BCUT2D eigenvalue weighted by Crippen LogP contribution is -2.59. The summed E-state index contributed by atoms with van der Waals surface area (Å²) in [5.41, 5.74) is 4.60. The Morgan fingerprint density at radius 2 is 2.04 bits per heavy atom. The van der Waals surface area contributed by atoms with Gasteiger partial charge >= 0.3 is 6.18 Å². The maximum absolute atomic E-state index is 12.7. The van der Waals surface area contributed by atoms with Crippen molar-refractivity contribution in [3.8, 4) is 5.75 Å². The number of ether oxygens (including phenoxy) is 1. The number of halogens is 3. The maximum atomic E-state index is 12.7. The lowest BCUT2D eigenvalue weighted by atomic mass is 10.1. The SMILES string of the molecule is CC(=O)N1CCN(CCOc2cccc(C(F)(F)F)c2)C(C(N)=O)C1. The van der Waals surface area contributed by atoms with Crippen molar-refractivity contribution in [1.82, 2.24) is 9.80 Å². The molecule has 1 aliphatic heterocycles. The largest absolute Gasteiger partial charge is 0.492 e. The summed E-state index contributed by atoms with van der Waals surface area (Å²) in [6, 6.07) is 3.98. The second kappa shape index (κ2) is 7.73. The molecule has 1 aliphatic rings. The molecule has 9 heteroatoms. The first-order chi connectivity index (χ1) is 11.7. The van der Waals surface area contributed by atoms with Crippen molar-refractivity contribution < 1.29 is 27.5 Å². The van der Waals surface area contributed by atoms with Crippen LogP contribution in [0, 0.1) is 0 Å². The highest BCUT2D eigenvalue weighted by Crippen LogP contribution is 2.31. The summed E-state index contributed by atoms with van der Waals surface area (Å²) in [7, 11) is 0. The molecule has 6 nitrogen and oxygen atoms in total. The van der Waals surface area contributed by atoms with Gasteiger partial charge in [-0.2, -0.15) is 13.2 Å². The summed E-state index contributed by atoms with van der Waals surface area (Å²) in [5.74, 6) is -0.580. The van der Waals surface area contributed by atoms with Crippen molar-refractivity contribution in [3.05, 3.63) is 29.8 Å². The number of hydrogen-bond acceptors (Lipinski definition) is 4. The average molecular weight is 359 g/mol. The first-order valence-electron chi connectivity index (χ1n) is 7.77. The van der Waals surface area contributed by atoms with Crippen molar-refractivity contribution in [2.75, 3.05) is 32.8 Å². The van der Waals surface area contributed by atoms with E-state index >= 15 is 0 Å². The first-order valence-corrected chi connectivity index (χ1v) is 7.77. The van der Waals surface area contributed by atoms with Crippen molar-refractivity contribution >= 4 is 11.8 Å². The summed E-state index contributed by atoms with van der Waals surface area (Å²) in [6.45, 7) is 2.95. The maximum Gasteiger partial charge on any atom is 0.416 e. The number of alkyl halides is 3. The molecule has 1 unspecified atom stereocenters. The van der Waals surface area contributed by atoms with Crippen LogP contribution in [-0.4, -0.2) is 60.4 Å². The quantitative estimate of drug-likeness (QED) is 0.854. The zero-order valence-corrected chi connectivity index (χ0v) is 13.8. The van der Waals surface area contributed by atoms with Gasteiger partial charge in [-0.3, -0.25) is 14.5 Å². The number of carbonyl (C=O) groups excluding carboxylic acids is 2. The van der Waals surface area contributed by atoms with E-state index in [1.54, 1.807) is 9.80 Å². The summed E-state index contributed by atoms with van der Waals surface area (Å²) in [6.07, 6.45) is -4.43. The minimum Gasteiger partial charge on any atom is -0.492 e. The normalized spacial score (nSPS) is 18.9. The van der Waals surface area contributed by atoms with Crippen LogP contribution in [0.3, 0.4) is 0 Å². The number of carbonyl (C=O) groups is 2. The molecular formula is C16H20F3N3O3. The third kappa shape index (κ3) is 5.09. The molecule has 0 spiro atoms. The highest BCUT2D eigenvalue weighted by Gasteiger charge is 2.32. The molecule has 1 aromatic rings. The van der Waals surface area contributed by atoms with Gasteiger partial charge in [0.05, 0.1) is 5.56 Å². The molecule has 1 fully saturated rings. The fourth-order valence-corrected chi connectivity index (χ4v) is 2.69. The van der Waals surface area contributed by atoms with Crippen molar-refractivity contribution in [3.63, 3.8) is 0 Å². The van der Waals surface area contributed by atoms with Crippen molar-refractivity contribution in [2.45, 2.75) is 19.1 Å². The molecule has 0 bridgehead atoms. The number of primary amides is 1. The molecule has 2 amide bonds. The molecular weight excluding hydrogens is 339 g/mol. The predicted octanol–water partition coefficient (Wildman–Crippen LogP) is 1.10. The molecule has 1 atom stereocenters. The first kappa shape index (κ1) is 19.0. The van der Waals surface area contributed by atoms with E-state index in [2.05, 4.69) is 0 Å². The Balaban J connectivity index is 1.92. The van der Waals surface area contributed by atoms with Crippen LogP contribution in [0.5, 0.6) is 5.75 Å². The fourth-order valence-electron chi connectivity index (χ4n) is 2.69. The molecule has 2 rings (SSSR count). The molecule has 2 N–H and O–H groups in total. The van der Waals surface area contributed by atoms with E-state index in [0.29, 0.717) is 19.6 Å². The van der Waals surface area contributed by atoms with Crippen LogP contribution in [0.4, 0.5) is 13.2 Å². The van der Waals surface area contributed by atoms with E-state index in [0.717, 1.165) is 12.1 Å². The second-order valence-corrected chi connectivity index (χ2v) is 5.79. The van der Waals surface area contributed by atoms with Crippen LogP contribution in [-0.2, 0) is 15.8 Å². The zero-order valence-electron chi connectivity index (χ0n) is 13.8. The Kier molecular flexibility index (Phi) is 5.89. The van der Waals surface area contributed by atoms with E-state index in [1.807, 2.05) is 0 Å². The lowest BCUT2D eigenvalue weighted by Gasteiger charge is -2.39. The third-order valence-corrected chi connectivity index (χ3v) is 4.07. The van der Waals surface area contributed by atoms with Gasteiger partial charge < -0.3 is 15.4 Å². The fraction of sp³-hybridized carbons (Fsp3) is 0.500. The highest BCUT2D eigenvalue weighted by atomic mass is 19.4. The molecule has 1 saturated heterocycles. The average Bonchev–Trinajstić information content (AvgIpc) is 2.54. The number of benzene rings is 1. The Morgan fingerprint density at radius 3 is 2.64 bits per heavy atom. The van der Waals surface area contributed by atoms with Crippen molar-refractivity contribution in [2.24, 2.45) is 5.73 Å². The van der Waals surface area contributed by atoms with Gasteiger partial charge in [-0.15, -0.1) is 0 Å². The van der Waals surface area contributed by atoms with Gasteiger partial charge in [0, 0.05) is 33.1 Å². The summed E-state index contributed by atoms with van der Waals surface area (Å²) in [4.78, 5) is 26.3. The monoisotopic (exact) mass is 359 g/mol. The molecule has 1 aromatic carbocycles. The minimum absolute atomic E-state index is 0.102. The van der Waals surface area contributed by atoms with E-state index in [4.69, 9.17) is 10.5 Å². The number of nitrogens with zero attached hydrogens (tertiary/aromatic N) is 2. The third-order valence-electron chi connectivity index (χ3n) is 4.07. The molecule has 0 radical (unpaired) electrons. The molecule has 138 valence electrons. The number of amides is 2. The van der Waals surface area contributed by atoms with E-state index in [-0.39, 0.29) is 24.8 Å². The Labute approximate surface area is 143 Å². The van der Waals surface area contributed by atoms with Crippen molar-refractivity contribution in [1.29, 1.82) is 0 Å². The Hall–Kier alpha value is -2.29. The van der Waals surface area contributed by atoms with Gasteiger partial charge in [-0.05, 0) is 18.2 Å². The van der Waals surface area contributed by atoms with Crippen LogP contribution in [0.2, 0.25) is 0 Å². The van der Waals surface area contributed by atoms with Crippen LogP contribution in [0.25, 0.3) is 0 Å². The number of hydrogen-bond donors (Lipinski definition) is 1. The second-order valence-electron chi connectivity index (χ2n) is 5.79. The molecule has 0 aliphatic carbocycles. The Bertz CT molecular complexity index is 637. The molecule has 1 heterocycles. The number of piperazine rings is 1. The zero-order chi connectivity index (χ0) is 18.6. The lowest BCUT2D eigenvalue weighted by molar-refractivity contribution is -0.138. The molecule has 25 heavy (non-hydrogen) atoms. The summed E-state index contributed by atoms with van der Waals surface area (Å²) < 4.78 is 43.4. The smallest absolute Gasteiger partial charge is 0.416 e. The van der Waals surface area contributed by atoms with Crippen LogP contribution >= 0.6 is 0 Å². The molecule has 0 aromatic heterocycles. The highest BCUT2D eigenvalue weighted by molar-refractivity contribution is 5.82. The van der Waals surface area contributed by atoms with Gasteiger partial charge in [0.15, 0.2) is 0 Å². The predicted molar refractivity (Wildman–Crippen MR) is 83.7 cm³/mol. The topological polar surface area (TPSA) is 75.9 Å².